The van der Waals surface area contributed by atoms with Gasteiger partial charge in [0.25, 0.3) is 0 Å². The number of carbonyl (C=O) groups is 1. The second kappa shape index (κ2) is 10.9. The molecule has 178 valence electrons. The molecule has 0 bridgehead atoms. The molecule has 0 unspecified atom stereocenters. The number of rotatable bonds is 8. The number of halogens is 1. The van der Waals surface area contributed by atoms with Gasteiger partial charge in [-0.3, -0.25) is 14.7 Å². The predicted octanol–water partition coefficient (Wildman–Crippen LogP) is 6.13. The summed E-state index contributed by atoms with van der Waals surface area (Å²) in [5.41, 5.74) is 6.41. The Hall–Kier alpha value is -3.41. The number of nitrogens with one attached hydrogen (secondary N) is 2. The van der Waals surface area contributed by atoms with Gasteiger partial charge >= 0.3 is 0 Å². The van der Waals surface area contributed by atoms with Gasteiger partial charge in [0.15, 0.2) is 0 Å². The van der Waals surface area contributed by atoms with Crippen LogP contribution in [0.4, 0.5) is 17.1 Å². The van der Waals surface area contributed by atoms with Crippen LogP contribution in [0.3, 0.4) is 0 Å². The average molecular weight is 485 g/mol. The van der Waals surface area contributed by atoms with Crippen molar-refractivity contribution in [1.82, 2.24) is 10.3 Å². The zero-order valence-electron chi connectivity index (χ0n) is 19.6. The van der Waals surface area contributed by atoms with E-state index in [4.69, 9.17) is 11.6 Å². The molecule has 1 amide bonds. The lowest BCUT2D eigenvalue weighted by Crippen LogP contribution is -2.30. The SMILES string of the molecule is O=C(CCNCCCNc1ccnc2cc(Cl)ccc12)N1c2ccccc2CCc2ccccc21. The second-order valence-electron chi connectivity index (χ2n) is 8.79. The quantitative estimate of drug-likeness (QED) is 0.295. The zero-order chi connectivity index (χ0) is 24.0. The minimum Gasteiger partial charge on any atom is -0.384 e. The van der Waals surface area contributed by atoms with Crippen LogP contribution in [0.25, 0.3) is 10.9 Å². The van der Waals surface area contributed by atoms with Gasteiger partial charge in [-0.1, -0.05) is 48.0 Å². The minimum atomic E-state index is 0.124. The van der Waals surface area contributed by atoms with E-state index in [2.05, 4.69) is 52.0 Å². The Balaban J connectivity index is 1.13. The topological polar surface area (TPSA) is 57.3 Å². The summed E-state index contributed by atoms with van der Waals surface area (Å²) in [7, 11) is 0. The summed E-state index contributed by atoms with van der Waals surface area (Å²) in [5, 5.41) is 8.67. The molecule has 1 aliphatic heterocycles. The molecule has 35 heavy (non-hydrogen) atoms. The summed E-state index contributed by atoms with van der Waals surface area (Å²) in [6, 6.07) is 24.3. The molecular formula is C29H29ClN4O. The number of hydrogen-bond acceptors (Lipinski definition) is 4. The lowest BCUT2D eigenvalue weighted by Gasteiger charge is -2.25. The summed E-state index contributed by atoms with van der Waals surface area (Å²) in [4.78, 5) is 19.7. The van der Waals surface area contributed by atoms with Crippen LogP contribution in [-0.4, -0.2) is 30.5 Å². The molecular weight excluding hydrogens is 456 g/mol. The van der Waals surface area contributed by atoms with Crippen LogP contribution in [0, 0.1) is 0 Å². The normalized spacial score (nSPS) is 12.7. The molecule has 5 nitrogen and oxygen atoms in total. The fourth-order valence-electron chi connectivity index (χ4n) is 4.69. The van der Waals surface area contributed by atoms with Crippen molar-refractivity contribution in [3.8, 4) is 0 Å². The van der Waals surface area contributed by atoms with Gasteiger partial charge in [-0.2, -0.15) is 0 Å². The Bertz CT molecular complexity index is 1290. The molecule has 0 saturated heterocycles. The van der Waals surface area contributed by atoms with E-state index in [-0.39, 0.29) is 5.91 Å². The van der Waals surface area contributed by atoms with E-state index in [1.165, 1.54) is 11.1 Å². The van der Waals surface area contributed by atoms with Crippen molar-refractivity contribution in [3.05, 3.63) is 95.1 Å². The number of anilines is 3. The standard InChI is InChI=1S/C29H29ClN4O/c30-23-12-13-24-25(14-19-33-26(24)20-23)32-17-5-16-31-18-15-29(35)34-27-8-3-1-6-21(27)10-11-22-7-2-4-9-28(22)34/h1-4,6-9,12-14,19-20,31H,5,10-11,15-18H2,(H,32,33). The third-order valence-electron chi connectivity index (χ3n) is 6.44. The van der Waals surface area contributed by atoms with Crippen LogP contribution in [0.15, 0.2) is 79.0 Å². The van der Waals surface area contributed by atoms with E-state index in [0.717, 1.165) is 60.3 Å². The predicted molar refractivity (Wildman–Crippen MR) is 145 cm³/mol. The highest BCUT2D eigenvalue weighted by Crippen LogP contribution is 2.36. The van der Waals surface area contributed by atoms with E-state index in [1.54, 1.807) is 6.20 Å². The van der Waals surface area contributed by atoms with Crippen LogP contribution < -0.4 is 15.5 Å². The summed E-state index contributed by atoms with van der Waals surface area (Å²) >= 11 is 6.08. The number of benzene rings is 3. The van der Waals surface area contributed by atoms with E-state index in [1.807, 2.05) is 41.3 Å². The van der Waals surface area contributed by atoms with Crippen LogP contribution in [0.2, 0.25) is 5.02 Å². The lowest BCUT2D eigenvalue weighted by molar-refractivity contribution is -0.117. The first-order valence-corrected chi connectivity index (χ1v) is 12.6. The number of fused-ring (bicyclic) bond motifs is 3. The summed E-state index contributed by atoms with van der Waals surface area (Å²) in [6.07, 6.45) is 5.08. The van der Waals surface area contributed by atoms with Crippen molar-refractivity contribution in [3.63, 3.8) is 0 Å². The maximum atomic E-state index is 13.4. The maximum Gasteiger partial charge on any atom is 0.232 e. The molecule has 5 rings (SSSR count). The van der Waals surface area contributed by atoms with E-state index in [9.17, 15) is 4.79 Å². The minimum absolute atomic E-state index is 0.124. The largest absolute Gasteiger partial charge is 0.384 e. The highest BCUT2D eigenvalue weighted by molar-refractivity contribution is 6.31. The Morgan fingerprint density at radius 3 is 2.34 bits per heavy atom. The fourth-order valence-corrected chi connectivity index (χ4v) is 4.86. The van der Waals surface area contributed by atoms with Gasteiger partial charge in [0, 0.05) is 41.8 Å². The average Bonchev–Trinajstić information content (AvgIpc) is 3.05. The number of carbonyl (C=O) groups excluding carboxylic acids is 1. The van der Waals surface area contributed by atoms with Crippen LogP contribution in [0.5, 0.6) is 0 Å². The van der Waals surface area contributed by atoms with Gasteiger partial charge in [-0.15, -0.1) is 0 Å². The Morgan fingerprint density at radius 2 is 1.60 bits per heavy atom. The highest BCUT2D eigenvalue weighted by atomic mass is 35.5. The highest BCUT2D eigenvalue weighted by Gasteiger charge is 2.24. The lowest BCUT2D eigenvalue weighted by atomic mass is 10.0. The third kappa shape index (κ3) is 5.31. The number of hydrogen-bond donors (Lipinski definition) is 2. The summed E-state index contributed by atoms with van der Waals surface area (Å²) in [6.45, 7) is 2.31. The molecule has 2 heterocycles. The number of para-hydroxylation sites is 2. The molecule has 0 radical (unpaired) electrons. The Morgan fingerprint density at radius 1 is 0.886 bits per heavy atom. The zero-order valence-corrected chi connectivity index (χ0v) is 20.4. The molecule has 0 atom stereocenters. The van der Waals surface area contributed by atoms with Gasteiger partial charge < -0.3 is 10.6 Å². The smallest absolute Gasteiger partial charge is 0.232 e. The molecule has 0 fully saturated rings. The molecule has 2 N–H and O–H groups in total. The van der Waals surface area contributed by atoms with Crippen LogP contribution in [-0.2, 0) is 17.6 Å². The number of aromatic nitrogens is 1. The molecule has 4 aromatic rings. The molecule has 1 aromatic heterocycles. The van der Waals surface area contributed by atoms with Crippen molar-refractivity contribution in [2.75, 3.05) is 29.9 Å². The van der Waals surface area contributed by atoms with Crippen molar-refractivity contribution in [2.45, 2.75) is 25.7 Å². The van der Waals surface area contributed by atoms with Crippen molar-refractivity contribution in [2.24, 2.45) is 0 Å². The summed E-state index contributed by atoms with van der Waals surface area (Å²) in [5.74, 6) is 0.124. The van der Waals surface area contributed by atoms with Crippen molar-refractivity contribution < 1.29 is 4.79 Å². The monoisotopic (exact) mass is 484 g/mol. The third-order valence-corrected chi connectivity index (χ3v) is 6.68. The Labute approximate surface area is 211 Å². The first kappa shape index (κ1) is 23.3. The van der Waals surface area contributed by atoms with Gasteiger partial charge in [0.1, 0.15) is 0 Å². The van der Waals surface area contributed by atoms with Crippen molar-refractivity contribution in [1.29, 1.82) is 0 Å². The fraction of sp³-hybridized carbons (Fsp3) is 0.241. The first-order chi connectivity index (χ1) is 17.2. The number of nitrogens with zero attached hydrogens (tertiary/aromatic N) is 2. The van der Waals surface area contributed by atoms with Gasteiger partial charge in [-0.25, -0.2) is 0 Å². The summed E-state index contributed by atoms with van der Waals surface area (Å²) < 4.78 is 0. The van der Waals surface area contributed by atoms with Crippen LogP contribution >= 0.6 is 11.6 Å². The first-order valence-electron chi connectivity index (χ1n) is 12.2. The maximum absolute atomic E-state index is 13.4. The van der Waals surface area contributed by atoms with E-state index < -0.39 is 0 Å². The Kier molecular flexibility index (Phi) is 7.26. The van der Waals surface area contributed by atoms with Gasteiger partial charge in [0.05, 0.1) is 16.9 Å². The van der Waals surface area contributed by atoms with Gasteiger partial charge in [-0.05, 0) is 73.3 Å². The molecule has 1 aliphatic rings. The number of amides is 1. The van der Waals surface area contributed by atoms with E-state index >= 15 is 0 Å². The molecule has 0 spiro atoms. The number of pyridine rings is 1. The van der Waals surface area contributed by atoms with Crippen molar-refractivity contribution >= 4 is 45.5 Å². The molecule has 0 aliphatic carbocycles. The molecule has 0 saturated carbocycles. The van der Waals surface area contributed by atoms with Crippen LogP contribution in [0.1, 0.15) is 24.0 Å². The number of aryl methyl sites for hydroxylation is 2. The molecule has 3 aromatic carbocycles. The van der Waals surface area contributed by atoms with Gasteiger partial charge in [0.2, 0.25) is 5.91 Å². The second-order valence-corrected chi connectivity index (χ2v) is 9.22. The van der Waals surface area contributed by atoms with E-state index in [0.29, 0.717) is 18.0 Å². The molecule has 6 heteroatoms.